The topological polar surface area (TPSA) is 84.2 Å². The molecule has 1 aliphatic rings. The molecule has 1 fully saturated rings. The number of hydrogen-bond donors (Lipinski definition) is 2. The molecule has 0 bridgehead atoms. The summed E-state index contributed by atoms with van der Waals surface area (Å²) in [5.41, 5.74) is 0. The fourth-order valence-electron chi connectivity index (χ4n) is 2.18. The van der Waals surface area contributed by atoms with E-state index in [4.69, 9.17) is 0 Å². The zero-order valence-electron chi connectivity index (χ0n) is 10.2. The average molecular weight is 273 g/mol. The fourth-order valence-corrected chi connectivity index (χ4v) is 3.85. The van der Waals surface area contributed by atoms with E-state index in [9.17, 15) is 13.5 Å². The van der Waals surface area contributed by atoms with E-state index >= 15 is 0 Å². The van der Waals surface area contributed by atoms with Gasteiger partial charge >= 0.3 is 0 Å². The second kappa shape index (κ2) is 5.81. The van der Waals surface area contributed by atoms with Gasteiger partial charge in [0.2, 0.25) is 0 Å². The van der Waals surface area contributed by atoms with Crippen LogP contribution in [0, 0.1) is 0 Å². The van der Waals surface area contributed by atoms with Gasteiger partial charge in [-0.25, -0.2) is 8.42 Å². The quantitative estimate of drug-likeness (QED) is 0.749. The molecule has 2 unspecified atom stereocenters. The third-order valence-electron chi connectivity index (χ3n) is 3.06. The van der Waals surface area contributed by atoms with Gasteiger partial charge in [0.15, 0.2) is 9.84 Å². The van der Waals surface area contributed by atoms with Crippen molar-refractivity contribution in [2.45, 2.75) is 31.5 Å². The van der Waals surface area contributed by atoms with Crippen molar-refractivity contribution in [2.24, 2.45) is 0 Å². The molecule has 0 saturated carbocycles. The molecular formula is C11H19N3O3S. The summed E-state index contributed by atoms with van der Waals surface area (Å²) >= 11 is 0. The minimum atomic E-state index is -2.89. The Balaban J connectivity index is 1.74. The van der Waals surface area contributed by atoms with Crippen LogP contribution in [0.25, 0.3) is 0 Å². The molecule has 0 spiro atoms. The first-order chi connectivity index (χ1) is 8.55. The van der Waals surface area contributed by atoms with E-state index in [0.29, 0.717) is 25.3 Å². The molecule has 7 heteroatoms. The van der Waals surface area contributed by atoms with Crippen LogP contribution in [0.1, 0.15) is 12.8 Å². The summed E-state index contributed by atoms with van der Waals surface area (Å²) in [6.07, 6.45) is 4.44. The average Bonchev–Trinajstić information content (AvgIpc) is 2.78. The van der Waals surface area contributed by atoms with Gasteiger partial charge in [0.1, 0.15) is 0 Å². The lowest BCUT2D eigenvalue weighted by Crippen LogP contribution is -2.44. The number of nitrogens with one attached hydrogen (secondary N) is 1. The number of rotatable bonds is 5. The normalized spacial score (nSPS) is 24.8. The smallest absolute Gasteiger partial charge is 0.151 e. The van der Waals surface area contributed by atoms with Gasteiger partial charge in [-0.3, -0.25) is 4.68 Å². The zero-order chi connectivity index (χ0) is 13.0. The molecule has 2 N–H and O–H groups in total. The molecule has 0 aromatic carbocycles. The Morgan fingerprint density at radius 1 is 1.56 bits per heavy atom. The molecule has 102 valence electrons. The number of aliphatic hydroxyl groups excluding tert-OH is 1. The minimum Gasteiger partial charge on any atom is -0.390 e. The van der Waals surface area contributed by atoms with E-state index in [2.05, 4.69) is 10.4 Å². The van der Waals surface area contributed by atoms with Crippen LogP contribution in [0.2, 0.25) is 0 Å². The molecule has 2 rings (SSSR count). The summed E-state index contributed by atoms with van der Waals surface area (Å²) in [7, 11) is -2.89. The van der Waals surface area contributed by atoms with Crippen molar-refractivity contribution in [3.63, 3.8) is 0 Å². The van der Waals surface area contributed by atoms with E-state index in [1.54, 1.807) is 23.1 Å². The van der Waals surface area contributed by atoms with Crippen molar-refractivity contribution >= 4 is 9.84 Å². The third-order valence-corrected chi connectivity index (χ3v) is 4.88. The molecule has 1 aliphatic heterocycles. The highest BCUT2D eigenvalue weighted by molar-refractivity contribution is 7.91. The summed E-state index contributed by atoms with van der Waals surface area (Å²) in [4.78, 5) is 0. The van der Waals surface area contributed by atoms with Gasteiger partial charge in [-0.2, -0.15) is 5.10 Å². The molecule has 2 atom stereocenters. The van der Waals surface area contributed by atoms with Gasteiger partial charge in [-0.15, -0.1) is 0 Å². The van der Waals surface area contributed by atoms with Gasteiger partial charge in [0.25, 0.3) is 0 Å². The Kier molecular flexibility index (Phi) is 4.36. The maximum atomic E-state index is 11.4. The van der Waals surface area contributed by atoms with Gasteiger partial charge in [0, 0.05) is 25.0 Å². The van der Waals surface area contributed by atoms with Crippen molar-refractivity contribution in [3.05, 3.63) is 18.5 Å². The van der Waals surface area contributed by atoms with Crippen molar-refractivity contribution in [1.29, 1.82) is 0 Å². The van der Waals surface area contributed by atoms with E-state index < -0.39 is 15.9 Å². The molecule has 0 aliphatic carbocycles. The van der Waals surface area contributed by atoms with Gasteiger partial charge in [0.05, 0.1) is 24.2 Å². The lowest BCUT2D eigenvalue weighted by molar-refractivity contribution is 0.143. The highest BCUT2D eigenvalue weighted by atomic mass is 32.2. The van der Waals surface area contributed by atoms with Crippen LogP contribution in [0.3, 0.4) is 0 Å². The van der Waals surface area contributed by atoms with Gasteiger partial charge in [-0.05, 0) is 18.9 Å². The summed E-state index contributed by atoms with van der Waals surface area (Å²) < 4.78 is 24.5. The zero-order valence-corrected chi connectivity index (χ0v) is 11.0. The van der Waals surface area contributed by atoms with E-state index in [1.165, 1.54) is 0 Å². The highest BCUT2D eigenvalue weighted by Crippen LogP contribution is 2.11. The SMILES string of the molecule is O=S1(=O)CCCC(NCC(O)Cn2cccn2)C1. The molecule has 18 heavy (non-hydrogen) atoms. The number of sulfone groups is 1. The molecule has 0 radical (unpaired) electrons. The summed E-state index contributed by atoms with van der Waals surface area (Å²) in [6.45, 7) is 0.805. The predicted molar refractivity (Wildman–Crippen MR) is 67.9 cm³/mol. The Labute approximate surface area is 107 Å². The van der Waals surface area contributed by atoms with E-state index in [-0.39, 0.29) is 11.8 Å². The minimum absolute atomic E-state index is 0.0315. The maximum Gasteiger partial charge on any atom is 0.151 e. The molecule has 1 saturated heterocycles. The fraction of sp³-hybridized carbons (Fsp3) is 0.727. The van der Waals surface area contributed by atoms with Crippen LogP contribution in [-0.2, 0) is 16.4 Å². The number of nitrogens with zero attached hydrogens (tertiary/aromatic N) is 2. The van der Waals surface area contributed by atoms with Crippen LogP contribution in [-0.4, -0.2) is 53.5 Å². The molecule has 1 aromatic rings. The number of aliphatic hydroxyl groups is 1. The van der Waals surface area contributed by atoms with Crippen LogP contribution < -0.4 is 5.32 Å². The van der Waals surface area contributed by atoms with Crippen LogP contribution in [0.5, 0.6) is 0 Å². The molecule has 6 nitrogen and oxygen atoms in total. The first-order valence-electron chi connectivity index (χ1n) is 6.14. The van der Waals surface area contributed by atoms with Gasteiger partial charge in [-0.1, -0.05) is 0 Å². The van der Waals surface area contributed by atoms with E-state index in [0.717, 1.165) is 6.42 Å². The highest BCUT2D eigenvalue weighted by Gasteiger charge is 2.24. The second-order valence-electron chi connectivity index (χ2n) is 4.74. The van der Waals surface area contributed by atoms with E-state index in [1.807, 2.05) is 0 Å². The van der Waals surface area contributed by atoms with Crippen LogP contribution >= 0.6 is 0 Å². The van der Waals surface area contributed by atoms with Crippen molar-refractivity contribution in [2.75, 3.05) is 18.1 Å². The van der Waals surface area contributed by atoms with Crippen LogP contribution in [0.4, 0.5) is 0 Å². The Morgan fingerprint density at radius 3 is 3.06 bits per heavy atom. The van der Waals surface area contributed by atoms with Crippen molar-refractivity contribution in [1.82, 2.24) is 15.1 Å². The first kappa shape index (κ1) is 13.5. The standard InChI is InChI=1S/C11H19N3O3S/c15-11(8-14-5-2-4-13-14)7-12-10-3-1-6-18(16,17)9-10/h2,4-5,10-12,15H,1,3,6-9H2. The Morgan fingerprint density at radius 2 is 2.39 bits per heavy atom. The lowest BCUT2D eigenvalue weighted by atomic mass is 10.2. The first-order valence-corrected chi connectivity index (χ1v) is 7.96. The molecule has 0 amide bonds. The maximum absolute atomic E-state index is 11.4. The largest absolute Gasteiger partial charge is 0.390 e. The Hall–Kier alpha value is -0.920. The summed E-state index contributed by atoms with van der Waals surface area (Å²) in [5, 5.41) is 16.9. The lowest BCUT2D eigenvalue weighted by Gasteiger charge is -2.24. The van der Waals surface area contributed by atoms with Crippen LogP contribution in [0.15, 0.2) is 18.5 Å². The van der Waals surface area contributed by atoms with Crippen molar-refractivity contribution in [3.8, 4) is 0 Å². The predicted octanol–water partition coefficient (Wildman–Crippen LogP) is -0.589. The van der Waals surface area contributed by atoms with Crippen molar-refractivity contribution < 1.29 is 13.5 Å². The molecule has 2 heterocycles. The second-order valence-corrected chi connectivity index (χ2v) is 6.97. The summed E-state index contributed by atoms with van der Waals surface area (Å²) in [5.74, 6) is 0.475. The molecule has 1 aromatic heterocycles. The molecular weight excluding hydrogens is 254 g/mol. The summed E-state index contributed by atoms with van der Waals surface area (Å²) in [6, 6.07) is 1.77. The van der Waals surface area contributed by atoms with Gasteiger partial charge < -0.3 is 10.4 Å². The number of hydrogen-bond acceptors (Lipinski definition) is 5. The third kappa shape index (κ3) is 4.08. The Bertz CT molecular complexity index is 458. The number of aromatic nitrogens is 2. The monoisotopic (exact) mass is 273 g/mol.